The SMILES string of the molecule is CCOc1nc(C(=O)NCC2(C)CCNCC2)cc(N)c1C#N. The van der Waals surface area contributed by atoms with E-state index in [-0.39, 0.29) is 34.1 Å². The number of carbonyl (C=O) groups excluding carboxylic acids is 1. The van der Waals surface area contributed by atoms with Crippen LogP contribution in [0.25, 0.3) is 0 Å². The smallest absolute Gasteiger partial charge is 0.270 e. The van der Waals surface area contributed by atoms with Crippen molar-refractivity contribution in [3.05, 3.63) is 17.3 Å². The lowest BCUT2D eigenvalue weighted by atomic mass is 9.81. The fourth-order valence-corrected chi connectivity index (χ4v) is 2.60. The molecule has 0 aliphatic carbocycles. The van der Waals surface area contributed by atoms with E-state index >= 15 is 0 Å². The highest BCUT2D eigenvalue weighted by atomic mass is 16.5. The van der Waals surface area contributed by atoms with Gasteiger partial charge in [0.1, 0.15) is 17.3 Å². The molecule has 0 spiro atoms. The number of piperidine rings is 1. The molecule has 0 atom stereocenters. The lowest BCUT2D eigenvalue weighted by Gasteiger charge is -2.34. The van der Waals surface area contributed by atoms with Crippen LogP contribution >= 0.6 is 0 Å². The van der Waals surface area contributed by atoms with E-state index in [2.05, 4.69) is 22.5 Å². The molecule has 7 heteroatoms. The maximum absolute atomic E-state index is 12.4. The maximum atomic E-state index is 12.4. The van der Waals surface area contributed by atoms with E-state index in [1.807, 2.05) is 6.07 Å². The largest absolute Gasteiger partial charge is 0.477 e. The Balaban J connectivity index is 2.11. The minimum atomic E-state index is -0.304. The molecule has 1 aliphatic heterocycles. The first-order valence-electron chi connectivity index (χ1n) is 7.81. The van der Waals surface area contributed by atoms with Crippen molar-refractivity contribution < 1.29 is 9.53 Å². The normalized spacial score (nSPS) is 16.4. The second kappa shape index (κ2) is 7.29. The van der Waals surface area contributed by atoms with Crippen LogP contribution in [0.15, 0.2) is 6.07 Å². The van der Waals surface area contributed by atoms with Gasteiger partial charge in [0, 0.05) is 6.54 Å². The molecule has 2 rings (SSSR count). The van der Waals surface area contributed by atoms with Crippen LogP contribution in [0.4, 0.5) is 5.69 Å². The Morgan fingerprint density at radius 3 is 2.87 bits per heavy atom. The van der Waals surface area contributed by atoms with Gasteiger partial charge in [0.2, 0.25) is 5.88 Å². The summed E-state index contributed by atoms with van der Waals surface area (Å²) in [5.41, 5.74) is 6.45. The molecule has 0 bridgehead atoms. The third-order valence-corrected chi connectivity index (χ3v) is 4.13. The summed E-state index contributed by atoms with van der Waals surface area (Å²) in [6.07, 6.45) is 2.03. The van der Waals surface area contributed by atoms with E-state index in [4.69, 9.17) is 15.7 Å². The van der Waals surface area contributed by atoms with Gasteiger partial charge in [0.05, 0.1) is 12.3 Å². The molecule has 2 heterocycles. The van der Waals surface area contributed by atoms with E-state index in [1.54, 1.807) is 6.92 Å². The van der Waals surface area contributed by atoms with E-state index in [0.29, 0.717) is 13.2 Å². The second-order valence-electron chi connectivity index (χ2n) is 6.07. The van der Waals surface area contributed by atoms with Crippen LogP contribution in [0, 0.1) is 16.7 Å². The molecule has 1 aromatic heterocycles. The van der Waals surface area contributed by atoms with Gasteiger partial charge in [-0.25, -0.2) is 4.98 Å². The molecule has 23 heavy (non-hydrogen) atoms. The van der Waals surface area contributed by atoms with Gasteiger partial charge in [-0.1, -0.05) is 6.92 Å². The van der Waals surface area contributed by atoms with Crippen LogP contribution in [-0.2, 0) is 0 Å². The molecule has 7 nitrogen and oxygen atoms in total. The predicted molar refractivity (Wildman–Crippen MR) is 87.1 cm³/mol. The van der Waals surface area contributed by atoms with E-state index in [1.165, 1.54) is 6.07 Å². The molecule has 1 saturated heterocycles. The Bertz CT molecular complexity index is 618. The number of nitrogens with two attached hydrogens (primary N) is 1. The quantitative estimate of drug-likeness (QED) is 0.748. The summed E-state index contributed by atoms with van der Waals surface area (Å²) in [6.45, 7) is 6.80. The van der Waals surface area contributed by atoms with Gasteiger partial charge in [0.25, 0.3) is 5.91 Å². The molecular weight excluding hydrogens is 294 g/mol. The molecule has 1 fully saturated rings. The number of nitriles is 1. The maximum Gasteiger partial charge on any atom is 0.270 e. The minimum absolute atomic E-state index is 0.0851. The molecule has 1 aromatic rings. The van der Waals surface area contributed by atoms with Crippen molar-refractivity contribution in [1.82, 2.24) is 15.6 Å². The van der Waals surface area contributed by atoms with E-state index in [0.717, 1.165) is 25.9 Å². The Labute approximate surface area is 136 Å². The number of carbonyl (C=O) groups is 1. The van der Waals surface area contributed by atoms with Crippen molar-refractivity contribution in [2.75, 3.05) is 32.0 Å². The average Bonchev–Trinajstić information content (AvgIpc) is 2.53. The van der Waals surface area contributed by atoms with Crippen molar-refractivity contribution in [3.63, 3.8) is 0 Å². The summed E-state index contributed by atoms with van der Waals surface area (Å²) in [6, 6.07) is 3.37. The predicted octanol–water partition coefficient (Wildman–Crippen LogP) is 1.05. The molecule has 0 aromatic carbocycles. The number of ether oxygens (including phenoxy) is 1. The second-order valence-corrected chi connectivity index (χ2v) is 6.07. The van der Waals surface area contributed by atoms with Gasteiger partial charge >= 0.3 is 0 Å². The van der Waals surface area contributed by atoms with E-state index in [9.17, 15) is 4.79 Å². The molecule has 124 valence electrons. The Morgan fingerprint density at radius 2 is 2.26 bits per heavy atom. The van der Waals surface area contributed by atoms with Crippen molar-refractivity contribution in [2.45, 2.75) is 26.7 Å². The number of rotatable bonds is 5. The van der Waals surface area contributed by atoms with E-state index < -0.39 is 0 Å². The number of amides is 1. The number of nitrogens with one attached hydrogen (secondary N) is 2. The number of hydrogen-bond acceptors (Lipinski definition) is 6. The highest BCUT2D eigenvalue weighted by Gasteiger charge is 2.27. The Hall–Kier alpha value is -2.33. The van der Waals surface area contributed by atoms with Gasteiger partial charge in [-0.2, -0.15) is 5.26 Å². The van der Waals surface area contributed by atoms with Crippen molar-refractivity contribution in [2.24, 2.45) is 5.41 Å². The summed E-state index contributed by atoms with van der Waals surface area (Å²) in [5, 5.41) is 15.3. The first-order valence-corrected chi connectivity index (χ1v) is 7.81. The number of anilines is 1. The van der Waals surface area contributed by atoms with Crippen LogP contribution in [0.1, 0.15) is 42.7 Å². The third-order valence-electron chi connectivity index (χ3n) is 4.13. The van der Waals surface area contributed by atoms with Gasteiger partial charge in [-0.05, 0) is 44.3 Å². The van der Waals surface area contributed by atoms with Gasteiger partial charge in [0.15, 0.2) is 0 Å². The van der Waals surface area contributed by atoms with Crippen LogP contribution in [0.3, 0.4) is 0 Å². The summed E-state index contributed by atoms with van der Waals surface area (Å²) in [5.74, 6) is -0.199. The fourth-order valence-electron chi connectivity index (χ4n) is 2.60. The topological polar surface area (TPSA) is 113 Å². The molecular formula is C16H23N5O2. The summed E-state index contributed by atoms with van der Waals surface area (Å²) < 4.78 is 5.31. The number of nitrogens with zero attached hydrogens (tertiary/aromatic N) is 2. The van der Waals surface area contributed by atoms with Crippen LogP contribution in [0.5, 0.6) is 5.88 Å². The first kappa shape index (κ1) is 17.0. The van der Waals surface area contributed by atoms with Crippen molar-refractivity contribution in [1.29, 1.82) is 5.26 Å². The number of aromatic nitrogens is 1. The van der Waals surface area contributed by atoms with Gasteiger partial charge in [-0.15, -0.1) is 0 Å². The van der Waals surface area contributed by atoms with Gasteiger partial charge in [-0.3, -0.25) is 4.79 Å². The van der Waals surface area contributed by atoms with Crippen LogP contribution in [0.2, 0.25) is 0 Å². The number of nitrogen functional groups attached to an aromatic ring is 1. The molecule has 1 amide bonds. The third kappa shape index (κ3) is 4.11. The molecule has 1 aliphatic rings. The summed E-state index contributed by atoms with van der Waals surface area (Å²) in [7, 11) is 0. The van der Waals surface area contributed by atoms with Crippen LogP contribution in [-0.4, -0.2) is 37.1 Å². The minimum Gasteiger partial charge on any atom is -0.477 e. The lowest BCUT2D eigenvalue weighted by Crippen LogP contribution is -2.43. The zero-order valence-corrected chi connectivity index (χ0v) is 13.6. The molecule has 4 N–H and O–H groups in total. The Kier molecular flexibility index (Phi) is 5.40. The summed E-state index contributed by atoms with van der Waals surface area (Å²) >= 11 is 0. The standard InChI is InChI=1S/C16H23N5O2/c1-3-23-15-11(9-17)12(18)8-13(21-15)14(22)20-10-16(2)4-6-19-7-5-16/h8,19H,3-7,10H2,1-2H3,(H2,18,21)(H,20,22). The fraction of sp³-hybridized carbons (Fsp3) is 0.562. The average molecular weight is 317 g/mol. The molecule has 0 saturated carbocycles. The van der Waals surface area contributed by atoms with Crippen LogP contribution < -0.4 is 21.1 Å². The summed E-state index contributed by atoms with van der Waals surface area (Å²) in [4.78, 5) is 16.5. The highest BCUT2D eigenvalue weighted by molar-refractivity contribution is 5.93. The molecule has 0 radical (unpaired) electrons. The monoisotopic (exact) mass is 317 g/mol. The lowest BCUT2D eigenvalue weighted by molar-refractivity contribution is 0.0916. The van der Waals surface area contributed by atoms with Gasteiger partial charge < -0.3 is 21.1 Å². The van der Waals surface area contributed by atoms with Crippen molar-refractivity contribution in [3.8, 4) is 11.9 Å². The zero-order chi connectivity index (χ0) is 16.9. The number of hydrogen-bond donors (Lipinski definition) is 3. The highest BCUT2D eigenvalue weighted by Crippen LogP contribution is 2.27. The van der Waals surface area contributed by atoms with Crippen molar-refractivity contribution >= 4 is 11.6 Å². The Morgan fingerprint density at radius 1 is 1.57 bits per heavy atom. The first-order chi connectivity index (χ1) is 11.0. The number of pyridine rings is 1. The zero-order valence-electron chi connectivity index (χ0n) is 13.6. The molecule has 0 unspecified atom stereocenters.